The van der Waals surface area contributed by atoms with Crippen molar-refractivity contribution in [3.05, 3.63) is 35.9 Å². The molecule has 2 aliphatic heterocycles. The van der Waals surface area contributed by atoms with Gasteiger partial charge in [-0.3, -0.25) is 0 Å². The fourth-order valence-corrected chi connectivity index (χ4v) is 4.08. The summed E-state index contributed by atoms with van der Waals surface area (Å²) in [6.07, 6.45) is -2.53. The molecule has 0 spiro atoms. The molecule has 5 nitrogen and oxygen atoms in total. The van der Waals surface area contributed by atoms with Gasteiger partial charge in [0.05, 0.1) is 6.61 Å². The highest BCUT2D eigenvalue weighted by Crippen LogP contribution is 2.42. The second-order valence-corrected chi connectivity index (χ2v) is 12.8. The van der Waals surface area contributed by atoms with Gasteiger partial charge in [-0.2, -0.15) is 0 Å². The van der Waals surface area contributed by atoms with Crippen LogP contribution < -0.4 is 0 Å². The number of hydrogen-bond acceptors (Lipinski definition) is 5. The van der Waals surface area contributed by atoms with Gasteiger partial charge in [0, 0.05) is 5.56 Å². The molecular weight excluding hydrogens is 324 g/mol. The smallest absolute Gasteiger partial charge is 0.192 e. The Morgan fingerprint density at radius 3 is 2.42 bits per heavy atom. The van der Waals surface area contributed by atoms with Gasteiger partial charge in [-0.15, -0.1) is 0 Å². The number of ether oxygens (including phenoxy) is 3. The summed E-state index contributed by atoms with van der Waals surface area (Å²) in [4.78, 5) is 0. The Labute approximate surface area is 145 Å². The third-order valence-corrected chi connectivity index (χ3v) is 9.76. The van der Waals surface area contributed by atoms with Crippen LogP contribution in [0.4, 0.5) is 0 Å². The van der Waals surface area contributed by atoms with Crippen molar-refractivity contribution in [2.45, 2.75) is 69.8 Å². The maximum atomic E-state index is 10.3. The number of rotatable bonds is 3. The van der Waals surface area contributed by atoms with Gasteiger partial charge < -0.3 is 23.7 Å². The molecule has 5 atom stereocenters. The van der Waals surface area contributed by atoms with Gasteiger partial charge in [-0.05, 0) is 18.1 Å². The van der Waals surface area contributed by atoms with Crippen LogP contribution in [-0.2, 0) is 18.6 Å². The van der Waals surface area contributed by atoms with Crippen LogP contribution >= 0.6 is 0 Å². The van der Waals surface area contributed by atoms with Crippen LogP contribution in [0.1, 0.15) is 32.6 Å². The summed E-state index contributed by atoms with van der Waals surface area (Å²) in [6.45, 7) is 11.3. The van der Waals surface area contributed by atoms with Crippen LogP contribution in [0.5, 0.6) is 0 Å². The molecule has 2 unspecified atom stereocenters. The standard InChI is InChI=1S/C18H28O5Si/c1-18(2,3)24(4,5)23-15-14-13(21-16(15)19)11-20-17(22-14)12-9-7-6-8-10-12/h6-10,13-17,19H,11H2,1-5H3/t13-,14+,15+,16?,17?/m0/s1. The first-order chi connectivity index (χ1) is 11.2. The maximum absolute atomic E-state index is 10.3. The van der Waals surface area contributed by atoms with Gasteiger partial charge in [0.2, 0.25) is 0 Å². The molecule has 2 fully saturated rings. The zero-order valence-corrected chi connectivity index (χ0v) is 16.1. The predicted molar refractivity (Wildman–Crippen MR) is 93.0 cm³/mol. The molecule has 24 heavy (non-hydrogen) atoms. The third kappa shape index (κ3) is 3.45. The van der Waals surface area contributed by atoms with E-state index in [1.807, 2.05) is 30.3 Å². The van der Waals surface area contributed by atoms with Crippen LogP contribution in [0, 0.1) is 0 Å². The number of benzene rings is 1. The number of aliphatic hydroxyl groups is 1. The monoisotopic (exact) mass is 352 g/mol. The molecule has 2 heterocycles. The molecule has 0 radical (unpaired) electrons. The Hall–Kier alpha value is -0.763. The number of fused-ring (bicyclic) bond motifs is 1. The highest BCUT2D eigenvalue weighted by molar-refractivity contribution is 6.74. The van der Waals surface area contributed by atoms with Gasteiger partial charge >= 0.3 is 0 Å². The van der Waals surface area contributed by atoms with Crippen LogP contribution in [0.3, 0.4) is 0 Å². The molecule has 134 valence electrons. The average molecular weight is 353 g/mol. The maximum Gasteiger partial charge on any atom is 0.192 e. The molecular formula is C18H28O5Si. The van der Waals surface area contributed by atoms with Gasteiger partial charge in [-0.25, -0.2) is 0 Å². The lowest BCUT2D eigenvalue weighted by atomic mass is 10.1. The van der Waals surface area contributed by atoms with Crippen LogP contribution in [0.15, 0.2) is 30.3 Å². The topological polar surface area (TPSA) is 57.2 Å². The largest absolute Gasteiger partial charge is 0.406 e. The summed E-state index contributed by atoms with van der Waals surface area (Å²) in [7, 11) is -2.05. The van der Waals surface area contributed by atoms with Crippen molar-refractivity contribution in [2.75, 3.05) is 6.61 Å². The zero-order valence-electron chi connectivity index (χ0n) is 15.1. The van der Waals surface area contributed by atoms with Crippen molar-refractivity contribution < 1.29 is 23.7 Å². The van der Waals surface area contributed by atoms with Crippen molar-refractivity contribution in [1.82, 2.24) is 0 Å². The van der Waals surface area contributed by atoms with Crippen molar-refractivity contribution in [2.24, 2.45) is 0 Å². The second-order valence-electron chi connectivity index (χ2n) is 8.08. The molecule has 3 rings (SSSR count). The van der Waals surface area contributed by atoms with Crippen LogP contribution in [0.2, 0.25) is 18.1 Å². The van der Waals surface area contributed by atoms with E-state index in [0.29, 0.717) is 6.61 Å². The van der Waals surface area contributed by atoms with Crippen molar-refractivity contribution in [3.8, 4) is 0 Å². The Kier molecular flexibility index (Phi) is 4.90. The van der Waals surface area contributed by atoms with Gasteiger partial charge in [-0.1, -0.05) is 51.1 Å². The minimum atomic E-state index is -2.05. The summed E-state index contributed by atoms with van der Waals surface area (Å²) >= 11 is 0. The highest BCUT2D eigenvalue weighted by Gasteiger charge is 2.52. The summed E-state index contributed by atoms with van der Waals surface area (Å²) in [6, 6.07) is 9.82. The van der Waals surface area contributed by atoms with Crippen molar-refractivity contribution in [1.29, 1.82) is 0 Å². The van der Waals surface area contributed by atoms with Gasteiger partial charge in [0.1, 0.15) is 18.3 Å². The van der Waals surface area contributed by atoms with E-state index in [9.17, 15) is 5.11 Å². The van der Waals surface area contributed by atoms with E-state index in [0.717, 1.165) is 5.56 Å². The first-order valence-corrected chi connectivity index (χ1v) is 11.4. The summed E-state index contributed by atoms with van der Waals surface area (Å²) in [5, 5.41) is 10.4. The lowest BCUT2D eigenvalue weighted by Gasteiger charge is -2.41. The number of hydrogen-bond donors (Lipinski definition) is 1. The number of aliphatic hydroxyl groups excluding tert-OH is 1. The first kappa shape index (κ1) is 18.0. The molecule has 1 N–H and O–H groups in total. The molecule has 2 saturated heterocycles. The minimum Gasteiger partial charge on any atom is -0.406 e. The van der Waals surface area contributed by atoms with E-state index in [-0.39, 0.29) is 17.2 Å². The van der Waals surface area contributed by atoms with E-state index in [1.54, 1.807) is 0 Å². The first-order valence-electron chi connectivity index (χ1n) is 8.52. The van der Waals surface area contributed by atoms with Gasteiger partial charge in [0.25, 0.3) is 0 Å². The molecule has 1 aromatic rings. The quantitative estimate of drug-likeness (QED) is 0.847. The molecule has 1 aromatic carbocycles. The summed E-state index contributed by atoms with van der Waals surface area (Å²) < 4.78 is 23.9. The molecule has 0 aliphatic carbocycles. The predicted octanol–water partition coefficient (Wildman–Crippen LogP) is 3.21. The Morgan fingerprint density at radius 1 is 1.12 bits per heavy atom. The molecule has 6 heteroatoms. The van der Waals surface area contributed by atoms with Crippen molar-refractivity contribution in [3.63, 3.8) is 0 Å². The Bertz CT molecular complexity index is 556. The minimum absolute atomic E-state index is 0.0504. The van der Waals surface area contributed by atoms with E-state index in [1.165, 1.54) is 0 Å². The molecule has 0 bridgehead atoms. The second kappa shape index (κ2) is 6.51. The Morgan fingerprint density at radius 2 is 1.79 bits per heavy atom. The average Bonchev–Trinajstić information content (AvgIpc) is 2.82. The van der Waals surface area contributed by atoms with Gasteiger partial charge in [0.15, 0.2) is 20.9 Å². The summed E-state index contributed by atoms with van der Waals surface area (Å²) in [5.74, 6) is 0. The lowest BCUT2D eigenvalue weighted by molar-refractivity contribution is -0.252. The SMILES string of the molecule is CC(C)(C)[Si](C)(C)O[C@H]1C(O)O[C@H]2COC(c3ccccc3)O[C@H]21. The van der Waals surface area contributed by atoms with E-state index in [4.69, 9.17) is 18.6 Å². The third-order valence-electron chi connectivity index (χ3n) is 5.29. The van der Waals surface area contributed by atoms with E-state index < -0.39 is 27.0 Å². The summed E-state index contributed by atoms with van der Waals surface area (Å²) in [5.41, 5.74) is 0.961. The van der Waals surface area contributed by atoms with Crippen molar-refractivity contribution >= 4 is 8.32 Å². The molecule has 2 aliphatic rings. The molecule has 0 amide bonds. The molecule has 0 saturated carbocycles. The van der Waals surface area contributed by atoms with E-state index >= 15 is 0 Å². The van der Waals surface area contributed by atoms with E-state index in [2.05, 4.69) is 33.9 Å². The normalized spacial score (nSPS) is 34.2. The lowest BCUT2D eigenvalue weighted by Crippen LogP contribution is -2.51. The van der Waals surface area contributed by atoms with Crippen LogP contribution in [-0.4, -0.2) is 44.6 Å². The fourth-order valence-electron chi connectivity index (χ4n) is 2.80. The van der Waals surface area contributed by atoms with Crippen LogP contribution in [0.25, 0.3) is 0 Å². The fraction of sp³-hybridized carbons (Fsp3) is 0.667. The highest BCUT2D eigenvalue weighted by atomic mass is 28.4. The molecule has 0 aromatic heterocycles. The Balaban J connectivity index is 1.76. The zero-order chi connectivity index (χ0) is 17.5.